The number of H-pyrrole nitrogens is 1. The molecule has 0 amide bonds. The highest BCUT2D eigenvalue weighted by Gasteiger charge is 2.16. The van der Waals surface area contributed by atoms with E-state index in [9.17, 15) is 0 Å². The number of fused-ring (bicyclic) bond motifs is 2. The highest BCUT2D eigenvalue weighted by molar-refractivity contribution is 8.01. The van der Waals surface area contributed by atoms with Crippen LogP contribution in [0.1, 0.15) is 0 Å². The molecule has 3 aromatic carbocycles. The topological polar surface area (TPSA) is 28.7 Å². The zero-order valence-corrected chi connectivity index (χ0v) is 14.9. The molecule has 120 valence electrons. The van der Waals surface area contributed by atoms with E-state index < -0.39 is 0 Å². The van der Waals surface area contributed by atoms with E-state index in [0.717, 1.165) is 21.1 Å². The second-order valence-electron chi connectivity index (χ2n) is 5.79. The van der Waals surface area contributed by atoms with E-state index in [1.165, 1.54) is 20.5 Å². The van der Waals surface area contributed by atoms with Crippen molar-refractivity contribution >= 4 is 44.2 Å². The zero-order chi connectivity index (χ0) is 16.6. The number of rotatable bonds is 3. The van der Waals surface area contributed by atoms with Crippen LogP contribution in [0, 0.1) is 0 Å². The van der Waals surface area contributed by atoms with Gasteiger partial charge in [-0.05, 0) is 23.8 Å². The first-order valence-electron chi connectivity index (χ1n) is 8.08. The van der Waals surface area contributed by atoms with Crippen molar-refractivity contribution in [2.24, 2.45) is 0 Å². The van der Waals surface area contributed by atoms with Crippen LogP contribution < -0.4 is 0 Å². The molecule has 0 aliphatic carbocycles. The molecule has 2 heterocycles. The van der Waals surface area contributed by atoms with Crippen molar-refractivity contribution < 1.29 is 0 Å². The number of aromatic amines is 1. The molecule has 0 saturated heterocycles. The van der Waals surface area contributed by atoms with Crippen LogP contribution in [-0.4, -0.2) is 9.97 Å². The molecule has 2 nitrogen and oxygen atoms in total. The van der Waals surface area contributed by atoms with Gasteiger partial charge in [-0.2, -0.15) is 0 Å². The third-order valence-corrected chi connectivity index (χ3v) is 6.41. The number of benzene rings is 3. The van der Waals surface area contributed by atoms with Gasteiger partial charge in [0, 0.05) is 15.8 Å². The summed E-state index contributed by atoms with van der Waals surface area (Å²) in [6.45, 7) is 0. The van der Waals surface area contributed by atoms with Crippen molar-refractivity contribution in [2.45, 2.75) is 9.24 Å². The van der Waals surface area contributed by atoms with Gasteiger partial charge in [-0.1, -0.05) is 72.4 Å². The monoisotopic (exact) mass is 358 g/mol. The summed E-state index contributed by atoms with van der Waals surface area (Å²) in [4.78, 5) is 9.62. The second-order valence-corrected chi connectivity index (χ2v) is 8.08. The third-order valence-electron chi connectivity index (χ3n) is 4.18. The van der Waals surface area contributed by atoms with Crippen LogP contribution >= 0.6 is 23.1 Å². The van der Waals surface area contributed by atoms with Gasteiger partial charge in [0.05, 0.1) is 15.9 Å². The molecule has 0 atom stereocenters. The van der Waals surface area contributed by atoms with Crippen molar-refractivity contribution in [2.75, 3.05) is 0 Å². The van der Waals surface area contributed by atoms with Crippen LogP contribution in [0.4, 0.5) is 0 Å². The molecule has 0 spiro atoms. The summed E-state index contributed by atoms with van der Waals surface area (Å²) < 4.78 is 2.30. The summed E-state index contributed by atoms with van der Waals surface area (Å²) in [6, 6.07) is 27.3. The first-order chi connectivity index (χ1) is 12.4. The summed E-state index contributed by atoms with van der Waals surface area (Å²) in [7, 11) is 0. The number of thiazole rings is 1. The number of nitrogens with zero attached hydrogens (tertiary/aromatic N) is 1. The van der Waals surface area contributed by atoms with Gasteiger partial charge >= 0.3 is 0 Å². The minimum Gasteiger partial charge on any atom is -0.354 e. The van der Waals surface area contributed by atoms with Crippen LogP contribution in [0.3, 0.4) is 0 Å². The fraction of sp³-hybridized carbons (Fsp3) is 0. The Morgan fingerprint density at radius 1 is 0.800 bits per heavy atom. The summed E-state index contributed by atoms with van der Waals surface area (Å²) >= 11 is 3.49. The molecule has 1 N–H and O–H groups in total. The minimum atomic E-state index is 1.07. The lowest BCUT2D eigenvalue weighted by atomic mass is 10.1. The highest BCUT2D eigenvalue weighted by Crippen LogP contribution is 2.43. The van der Waals surface area contributed by atoms with Crippen LogP contribution in [0.25, 0.3) is 32.4 Å². The van der Waals surface area contributed by atoms with Crippen LogP contribution in [0.15, 0.2) is 88.1 Å². The van der Waals surface area contributed by atoms with Gasteiger partial charge in [-0.3, -0.25) is 0 Å². The Morgan fingerprint density at radius 3 is 2.44 bits per heavy atom. The van der Waals surface area contributed by atoms with Gasteiger partial charge in [0.2, 0.25) is 0 Å². The SMILES string of the molecule is c1ccc(-c2[nH]c3ccccc3c2Sc2nc3ccccc3s2)cc1. The predicted molar refractivity (Wildman–Crippen MR) is 107 cm³/mol. The van der Waals surface area contributed by atoms with Gasteiger partial charge < -0.3 is 4.98 Å². The lowest BCUT2D eigenvalue weighted by Crippen LogP contribution is -1.79. The summed E-state index contributed by atoms with van der Waals surface area (Å²) in [6.07, 6.45) is 0. The van der Waals surface area contributed by atoms with Crippen molar-refractivity contribution in [3.8, 4) is 11.3 Å². The molecular weight excluding hydrogens is 344 g/mol. The average Bonchev–Trinajstić information content (AvgIpc) is 3.24. The number of aromatic nitrogens is 2. The summed E-state index contributed by atoms with van der Waals surface area (Å²) in [5.41, 5.74) is 4.58. The molecule has 0 aliphatic rings. The third kappa shape index (κ3) is 2.64. The van der Waals surface area contributed by atoms with Gasteiger partial charge in [0.1, 0.15) is 0 Å². The lowest BCUT2D eigenvalue weighted by molar-refractivity contribution is 1.30. The molecule has 25 heavy (non-hydrogen) atoms. The fourth-order valence-corrected chi connectivity index (χ4v) is 5.27. The maximum absolute atomic E-state index is 4.80. The normalized spacial score (nSPS) is 11.4. The second kappa shape index (κ2) is 6.06. The van der Waals surface area contributed by atoms with E-state index >= 15 is 0 Å². The molecule has 4 heteroatoms. The van der Waals surface area contributed by atoms with Crippen LogP contribution in [0.2, 0.25) is 0 Å². The number of nitrogens with one attached hydrogen (secondary N) is 1. The van der Waals surface area contributed by atoms with Crippen LogP contribution in [0.5, 0.6) is 0 Å². The lowest BCUT2D eigenvalue weighted by Gasteiger charge is -2.03. The molecule has 5 aromatic rings. The molecule has 5 rings (SSSR count). The summed E-state index contributed by atoms with van der Waals surface area (Å²) in [5.74, 6) is 0. The maximum atomic E-state index is 4.80. The molecule has 0 aliphatic heterocycles. The Hall–Kier alpha value is -2.56. The first kappa shape index (κ1) is 14.8. The molecule has 0 unspecified atom stereocenters. The van der Waals surface area contributed by atoms with Gasteiger partial charge in [0.15, 0.2) is 4.34 Å². The summed E-state index contributed by atoms with van der Waals surface area (Å²) in [5, 5.41) is 1.24. The van der Waals surface area contributed by atoms with Crippen LogP contribution in [-0.2, 0) is 0 Å². The Kier molecular flexibility index (Phi) is 3.58. The van der Waals surface area contributed by atoms with Crippen molar-refractivity contribution in [3.63, 3.8) is 0 Å². The van der Waals surface area contributed by atoms with Gasteiger partial charge in [-0.15, -0.1) is 11.3 Å². The maximum Gasteiger partial charge on any atom is 0.156 e. The molecular formula is C21H14N2S2. The van der Waals surface area contributed by atoms with E-state index in [-0.39, 0.29) is 0 Å². The molecule has 0 radical (unpaired) electrons. The van der Waals surface area contributed by atoms with E-state index in [2.05, 4.69) is 71.7 Å². The highest BCUT2D eigenvalue weighted by atomic mass is 32.2. The van der Waals surface area contributed by atoms with E-state index in [0.29, 0.717) is 0 Å². The standard InChI is InChI=1S/C21H14N2S2/c1-2-8-14(9-3-1)19-20(15-10-4-5-11-16(15)22-19)25-21-23-17-12-6-7-13-18(17)24-21/h1-13,22H. The largest absolute Gasteiger partial charge is 0.354 e. The Bertz CT molecular complexity index is 1140. The number of hydrogen-bond donors (Lipinski definition) is 1. The fourth-order valence-electron chi connectivity index (χ4n) is 3.01. The van der Waals surface area contributed by atoms with E-state index in [4.69, 9.17) is 4.98 Å². The smallest absolute Gasteiger partial charge is 0.156 e. The molecule has 0 fully saturated rings. The van der Waals surface area contributed by atoms with E-state index in [1.807, 2.05) is 12.1 Å². The van der Waals surface area contributed by atoms with E-state index in [1.54, 1.807) is 23.1 Å². The predicted octanol–water partition coefficient (Wildman–Crippen LogP) is 6.60. The Labute approximate surface area is 153 Å². The van der Waals surface area contributed by atoms with Crippen molar-refractivity contribution in [1.29, 1.82) is 0 Å². The number of para-hydroxylation sites is 2. The molecule has 0 saturated carbocycles. The van der Waals surface area contributed by atoms with Crippen molar-refractivity contribution in [1.82, 2.24) is 9.97 Å². The van der Waals surface area contributed by atoms with Gasteiger partial charge in [-0.25, -0.2) is 4.98 Å². The quantitative estimate of drug-likeness (QED) is 0.394. The number of hydrogen-bond acceptors (Lipinski definition) is 3. The Balaban J connectivity index is 1.68. The molecule has 0 bridgehead atoms. The first-order valence-corrected chi connectivity index (χ1v) is 9.71. The Morgan fingerprint density at radius 2 is 1.56 bits per heavy atom. The minimum absolute atomic E-state index is 1.07. The average molecular weight is 358 g/mol. The molecule has 2 aromatic heterocycles. The van der Waals surface area contributed by atoms with Gasteiger partial charge in [0.25, 0.3) is 0 Å². The van der Waals surface area contributed by atoms with Crippen molar-refractivity contribution in [3.05, 3.63) is 78.9 Å². The zero-order valence-electron chi connectivity index (χ0n) is 13.3.